The normalized spacial score (nSPS) is 27.4. The number of pyridine rings is 1. The van der Waals surface area contributed by atoms with Crippen LogP contribution in [0.5, 0.6) is 0 Å². The molecule has 5 aliphatic rings. The van der Waals surface area contributed by atoms with Crippen molar-refractivity contribution < 1.29 is 32.4 Å². The Morgan fingerprint density at radius 1 is 1.00 bits per heavy atom. The quantitative estimate of drug-likeness (QED) is 0.160. The lowest BCUT2D eigenvalue weighted by Crippen LogP contribution is -2.62. The van der Waals surface area contributed by atoms with Crippen LogP contribution in [0, 0.1) is 27.6 Å². The third-order valence-corrected chi connectivity index (χ3v) is 16.4. The summed E-state index contributed by atoms with van der Waals surface area (Å²) in [6, 6.07) is 0.0734. The van der Waals surface area contributed by atoms with Crippen molar-refractivity contribution in [3.8, 4) is 0 Å². The number of carbonyl (C=O) groups is 5. The minimum Gasteiger partial charge on any atom is -0.346 e. The van der Waals surface area contributed by atoms with Gasteiger partial charge in [0.2, 0.25) is 17.6 Å². The van der Waals surface area contributed by atoms with Gasteiger partial charge in [0.25, 0.3) is 15.9 Å². The predicted molar refractivity (Wildman–Crippen MR) is 215 cm³/mol. The highest BCUT2D eigenvalue weighted by Gasteiger charge is 2.85. The van der Waals surface area contributed by atoms with Crippen LogP contribution in [0.4, 0.5) is 4.79 Å². The van der Waals surface area contributed by atoms with Crippen molar-refractivity contribution in [2.45, 2.75) is 147 Å². The van der Waals surface area contributed by atoms with Gasteiger partial charge in [-0.15, -0.1) is 6.58 Å². The zero-order valence-corrected chi connectivity index (χ0v) is 35.4. The molecule has 314 valence electrons. The molecule has 6 rings (SSSR count). The van der Waals surface area contributed by atoms with Crippen molar-refractivity contribution in [2.75, 3.05) is 20.1 Å². The molecule has 4 saturated carbocycles. The number of ketones is 1. The lowest BCUT2D eigenvalue weighted by atomic mass is 9.73. The van der Waals surface area contributed by atoms with Crippen molar-refractivity contribution in [1.29, 1.82) is 0 Å². The number of carbonyl (C=O) groups excluding carboxylic acids is 5. The van der Waals surface area contributed by atoms with E-state index in [0.717, 1.165) is 51.4 Å². The van der Waals surface area contributed by atoms with Crippen molar-refractivity contribution in [3.63, 3.8) is 0 Å². The molecule has 4 N–H and O–H groups in total. The standard InChI is InChI=1S/C42H63N7O7S/c1-8-22-44-36(52)33(50)29(24-27-15-13-16-27)45-35(51)31-25-42(40(5,6)41(42)20-14-21-41)26-49(31)37(53)34(39(2,3)4)47-38(54)46-28-17-9-10-18-30(28)48(7)57(55,56)32-19-11-12-23-43-32/h8,11-12,19,23,27-31,34H,1,9-10,13-18,20-22,24-26H2,2-7H3,(H,44,52)(H,45,51)(H2,46,47,54)/t28-,29?,30-,31-,34+,42+/m0/s1. The van der Waals surface area contributed by atoms with Gasteiger partial charge in [-0.25, -0.2) is 18.2 Å². The Labute approximate surface area is 338 Å². The summed E-state index contributed by atoms with van der Waals surface area (Å²) >= 11 is 0. The maximum Gasteiger partial charge on any atom is 0.315 e. The number of rotatable bonds is 14. The summed E-state index contributed by atoms with van der Waals surface area (Å²) in [5.74, 6) is -2.14. The Kier molecular flexibility index (Phi) is 12.1. The molecular weight excluding hydrogens is 747 g/mol. The zero-order valence-electron chi connectivity index (χ0n) is 34.6. The van der Waals surface area contributed by atoms with E-state index in [-0.39, 0.29) is 33.7 Å². The number of hydrogen-bond acceptors (Lipinski definition) is 8. The molecule has 0 aromatic carbocycles. The first-order valence-corrected chi connectivity index (χ1v) is 22.3. The van der Waals surface area contributed by atoms with Crippen molar-refractivity contribution in [2.24, 2.45) is 27.6 Å². The molecular formula is C42H63N7O7S. The fourth-order valence-corrected chi connectivity index (χ4v) is 12.1. The van der Waals surface area contributed by atoms with Crippen LogP contribution in [0.2, 0.25) is 0 Å². The predicted octanol–water partition coefficient (Wildman–Crippen LogP) is 4.07. The molecule has 1 aromatic heterocycles. The maximum absolute atomic E-state index is 15.0. The first kappa shape index (κ1) is 42.7. The number of fused-ring (bicyclic) bond motifs is 1. The van der Waals surface area contributed by atoms with Gasteiger partial charge in [-0.1, -0.05) is 85.3 Å². The second-order valence-corrected chi connectivity index (χ2v) is 20.8. The third-order valence-electron chi connectivity index (χ3n) is 14.6. The number of urea groups is 1. The minimum atomic E-state index is -3.94. The molecule has 4 aliphatic carbocycles. The van der Waals surface area contributed by atoms with Gasteiger partial charge in [-0.05, 0) is 72.8 Å². The molecule has 0 radical (unpaired) electrons. The SMILES string of the molecule is C=CCNC(=O)C(=O)C(CC1CCC1)NC(=O)[C@@H]1C[C@@]2(CN1C(=O)[C@@H](NC(=O)N[C@H]1CCCC[C@@H]1N(C)S(=O)(=O)c1ccccn1)C(C)(C)C)C(C)(C)C21CCC1. The van der Waals surface area contributed by atoms with Gasteiger partial charge in [-0.2, -0.15) is 4.31 Å². The van der Waals surface area contributed by atoms with Gasteiger partial charge in [0.15, 0.2) is 5.03 Å². The van der Waals surface area contributed by atoms with Crippen LogP contribution >= 0.6 is 0 Å². The molecule has 6 atom stereocenters. The van der Waals surface area contributed by atoms with E-state index in [2.05, 4.69) is 46.7 Å². The second-order valence-electron chi connectivity index (χ2n) is 18.8. The highest BCUT2D eigenvalue weighted by Crippen LogP contribution is 2.88. The number of nitrogens with one attached hydrogen (secondary N) is 4. The van der Waals surface area contributed by atoms with E-state index in [4.69, 9.17) is 0 Å². The zero-order chi connectivity index (χ0) is 41.6. The van der Waals surface area contributed by atoms with Gasteiger partial charge in [0.1, 0.15) is 12.1 Å². The number of Topliss-reactive ketones (excluding diaryl/α,β-unsaturated/α-hetero) is 1. The Bertz CT molecular complexity index is 1840. The Balaban J connectivity index is 1.23. The number of likely N-dealkylation sites (N-methyl/N-ethyl adjacent to an activating group) is 1. The molecule has 5 amide bonds. The van der Waals surface area contributed by atoms with E-state index in [1.54, 1.807) is 17.0 Å². The average molecular weight is 810 g/mol. The van der Waals surface area contributed by atoms with Gasteiger partial charge in [0, 0.05) is 43.8 Å². The lowest BCUT2D eigenvalue weighted by molar-refractivity contribution is -0.144. The van der Waals surface area contributed by atoms with Gasteiger partial charge in [-0.3, -0.25) is 19.2 Å². The number of nitrogens with zero attached hydrogens (tertiary/aromatic N) is 3. The van der Waals surface area contributed by atoms with Crippen LogP contribution < -0.4 is 21.3 Å². The van der Waals surface area contributed by atoms with E-state index >= 15 is 0 Å². The van der Waals surface area contributed by atoms with Crippen molar-refractivity contribution in [1.82, 2.24) is 35.5 Å². The summed E-state index contributed by atoms with van der Waals surface area (Å²) in [7, 11) is -2.43. The first-order chi connectivity index (χ1) is 26.8. The largest absolute Gasteiger partial charge is 0.346 e. The molecule has 1 saturated heterocycles. The summed E-state index contributed by atoms with van der Waals surface area (Å²) in [6.45, 7) is 14.1. The summed E-state index contributed by atoms with van der Waals surface area (Å²) < 4.78 is 28.3. The molecule has 2 spiro atoms. The van der Waals surface area contributed by atoms with E-state index < -0.39 is 75.2 Å². The lowest BCUT2D eigenvalue weighted by Gasteiger charge is -2.39. The monoisotopic (exact) mass is 809 g/mol. The van der Waals surface area contributed by atoms with E-state index in [1.165, 1.54) is 29.7 Å². The maximum atomic E-state index is 15.0. The number of sulfonamides is 1. The molecule has 1 unspecified atom stereocenters. The van der Waals surface area contributed by atoms with Gasteiger partial charge in [0.05, 0.1) is 6.04 Å². The Morgan fingerprint density at radius 2 is 1.70 bits per heavy atom. The average Bonchev–Trinajstić information content (AvgIpc) is 3.34. The number of aromatic nitrogens is 1. The highest BCUT2D eigenvalue weighted by atomic mass is 32.2. The topological polar surface area (TPSA) is 187 Å². The fraction of sp³-hybridized carbons (Fsp3) is 0.714. The number of hydrogen-bond donors (Lipinski definition) is 4. The number of likely N-dealkylation sites (tertiary alicyclic amines) is 1. The Hall–Kier alpha value is -3.85. The minimum absolute atomic E-state index is 0.00105. The summed E-state index contributed by atoms with van der Waals surface area (Å²) in [5, 5.41) is 11.4. The van der Waals surface area contributed by atoms with E-state index in [1.807, 2.05) is 20.8 Å². The smallest absolute Gasteiger partial charge is 0.315 e. The molecule has 1 aromatic rings. The second kappa shape index (κ2) is 16.1. The molecule has 5 fully saturated rings. The summed E-state index contributed by atoms with van der Waals surface area (Å²) in [5.41, 5.74) is -1.22. The first-order valence-electron chi connectivity index (χ1n) is 20.8. The van der Waals surface area contributed by atoms with Gasteiger partial charge < -0.3 is 26.2 Å². The van der Waals surface area contributed by atoms with Crippen LogP contribution in [-0.4, -0.2) is 102 Å². The summed E-state index contributed by atoms with van der Waals surface area (Å²) in [6.07, 6.45) is 12.3. The summed E-state index contributed by atoms with van der Waals surface area (Å²) in [4.78, 5) is 75.5. The third kappa shape index (κ3) is 7.74. The molecule has 1 aliphatic heterocycles. The van der Waals surface area contributed by atoms with Crippen LogP contribution in [0.25, 0.3) is 0 Å². The van der Waals surface area contributed by atoms with Crippen molar-refractivity contribution in [3.05, 3.63) is 37.1 Å². The van der Waals surface area contributed by atoms with Crippen LogP contribution in [0.1, 0.15) is 112 Å². The Morgan fingerprint density at radius 3 is 2.26 bits per heavy atom. The highest BCUT2D eigenvalue weighted by molar-refractivity contribution is 7.89. The molecule has 57 heavy (non-hydrogen) atoms. The van der Waals surface area contributed by atoms with E-state index in [0.29, 0.717) is 32.2 Å². The van der Waals surface area contributed by atoms with Crippen LogP contribution in [0.15, 0.2) is 42.1 Å². The molecule has 0 bridgehead atoms. The number of amides is 5. The van der Waals surface area contributed by atoms with E-state index in [9.17, 15) is 32.4 Å². The van der Waals surface area contributed by atoms with Crippen LogP contribution in [0.3, 0.4) is 0 Å². The molecule has 15 heteroatoms. The van der Waals surface area contributed by atoms with Crippen LogP contribution in [-0.2, 0) is 29.2 Å². The molecule has 2 heterocycles. The fourth-order valence-electron chi connectivity index (χ4n) is 10.7. The van der Waals surface area contributed by atoms with Gasteiger partial charge >= 0.3 is 6.03 Å². The molecule has 14 nitrogen and oxygen atoms in total. The van der Waals surface area contributed by atoms with Crippen molar-refractivity contribution >= 4 is 39.6 Å².